The van der Waals surface area contributed by atoms with E-state index in [1.54, 1.807) is 44.2 Å². The van der Waals surface area contributed by atoms with Gasteiger partial charge in [-0.05, 0) is 19.4 Å². The first-order valence-electron chi connectivity index (χ1n) is 5.34. The van der Waals surface area contributed by atoms with Crippen LogP contribution in [0.4, 0.5) is 13.2 Å². The van der Waals surface area contributed by atoms with E-state index in [1.165, 1.54) is 0 Å². The Morgan fingerprint density at radius 3 is 2.29 bits per heavy atom. The normalized spacial score (nSPS) is 28.5. The lowest BCUT2D eigenvalue weighted by molar-refractivity contribution is -0.281. The highest BCUT2D eigenvalue weighted by Crippen LogP contribution is 2.59. The molecule has 1 heterocycles. The van der Waals surface area contributed by atoms with Gasteiger partial charge >= 0.3 is 6.18 Å². The molecule has 2 nitrogen and oxygen atoms in total. The average molecular weight is 246 g/mol. The number of alkyl halides is 3. The molecule has 2 rings (SSSR count). The van der Waals surface area contributed by atoms with Crippen LogP contribution in [0.15, 0.2) is 30.3 Å². The maximum absolute atomic E-state index is 12.9. The van der Waals surface area contributed by atoms with Gasteiger partial charge in [-0.2, -0.15) is 13.2 Å². The van der Waals surface area contributed by atoms with Crippen LogP contribution in [0.5, 0.6) is 0 Å². The summed E-state index contributed by atoms with van der Waals surface area (Å²) in [7, 11) is 0. The van der Waals surface area contributed by atoms with E-state index in [2.05, 4.69) is 0 Å². The topological polar surface area (TPSA) is 21.8 Å². The number of hydrogen-bond donors (Lipinski definition) is 0. The fourth-order valence-electron chi connectivity index (χ4n) is 1.78. The second-order valence-corrected chi connectivity index (χ2v) is 4.24. The standard InChI is InChI=1S/C12H13F3O2/c1-8(2)16-11(12(13,14)15)10(17-11)9-6-4-3-5-7-9/h3-8,10H,1-2H3. The molecular weight excluding hydrogens is 233 g/mol. The summed E-state index contributed by atoms with van der Waals surface area (Å²) in [5.74, 6) is -2.47. The Balaban J connectivity index is 2.24. The highest BCUT2D eigenvalue weighted by molar-refractivity contribution is 5.25. The zero-order valence-electron chi connectivity index (χ0n) is 9.49. The molecule has 0 bridgehead atoms. The first-order valence-corrected chi connectivity index (χ1v) is 5.34. The van der Waals surface area contributed by atoms with Crippen LogP contribution in [0.25, 0.3) is 0 Å². The number of ether oxygens (including phenoxy) is 2. The Hall–Kier alpha value is -1.07. The van der Waals surface area contributed by atoms with Crippen molar-refractivity contribution < 1.29 is 22.6 Å². The molecule has 2 atom stereocenters. The van der Waals surface area contributed by atoms with Gasteiger partial charge in [-0.25, -0.2) is 0 Å². The van der Waals surface area contributed by atoms with E-state index >= 15 is 0 Å². The molecule has 94 valence electrons. The van der Waals surface area contributed by atoms with Crippen LogP contribution in [-0.2, 0) is 9.47 Å². The molecule has 5 heteroatoms. The molecule has 0 aromatic heterocycles. The van der Waals surface area contributed by atoms with Crippen molar-refractivity contribution in [1.82, 2.24) is 0 Å². The minimum Gasteiger partial charge on any atom is -0.337 e. The van der Waals surface area contributed by atoms with Crippen LogP contribution in [0, 0.1) is 0 Å². The molecule has 0 aliphatic carbocycles. The Kier molecular flexibility index (Phi) is 2.91. The van der Waals surface area contributed by atoms with Crippen molar-refractivity contribution in [2.45, 2.75) is 38.0 Å². The fraction of sp³-hybridized carbons (Fsp3) is 0.500. The summed E-state index contributed by atoms with van der Waals surface area (Å²) in [6.45, 7) is 3.11. The summed E-state index contributed by atoms with van der Waals surface area (Å²) in [5.41, 5.74) is 0.477. The third-order valence-electron chi connectivity index (χ3n) is 2.49. The third kappa shape index (κ3) is 2.17. The summed E-state index contributed by atoms with van der Waals surface area (Å²) >= 11 is 0. The van der Waals surface area contributed by atoms with Crippen LogP contribution >= 0.6 is 0 Å². The van der Waals surface area contributed by atoms with Crippen molar-refractivity contribution in [3.8, 4) is 0 Å². The van der Waals surface area contributed by atoms with Crippen LogP contribution in [0.3, 0.4) is 0 Å². The van der Waals surface area contributed by atoms with Gasteiger partial charge < -0.3 is 9.47 Å². The van der Waals surface area contributed by atoms with Gasteiger partial charge in [0.2, 0.25) is 0 Å². The summed E-state index contributed by atoms with van der Waals surface area (Å²) in [5, 5.41) is 0. The predicted molar refractivity (Wildman–Crippen MR) is 55.3 cm³/mol. The molecule has 0 radical (unpaired) electrons. The Bertz CT molecular complexity index is 388. The van der Waals surface area contributed by atoms with E-state index in [-0.39, 0.29) is 0 Å². The molecule has 0 spiro atoms. The van der Waals surface area contributed by atoms with Gasteiger partial charge in [0.15, 0.2) is 0 Å². The molecule has 1 aromatic carbocycles. The Morgan fingerprint density at radius 1 is 1.24 bits per heavy atom. The lowest BCUT2D eigenvalue weighted by Crippen LogP contribution is -2.38. The number of rotatable bonds is 3. The molecule has 1 fully saturated rings. The molecule has 1 aliphatic heterocycles. The van der Waals surface area contributed by atoms with Crippen molar-refractivity contribution in [2.24, 2.45) is 0 Å². The van der Waals surface area contributed by atoms with Gasteiger partial charge in [0, 0.05) is 0 Å². The number of hydrogen-bond acceptors (Lipinski definition) is 2. The zero-order chi connectivity index (χ0) is 12.7. The Labute approximate surface area is 97.3 Å². The first-order chi connectivity index (χ1) is 7.87. The SMILES string of the molecule is CC(C)OC1(C(F)(F)F)OC1c1ccccc1. The van der Waals surface area contributed by atoms with Crippen molar-refractivity contribution >= 4 is 0 Å². The lowest BCUT2D eigenvalue weighted by atomic mass is 10.1. The average Bonchev–Trinajstić information content (AvgIpc) is 2.93. The van der Waals surface area contributed by atoms with E-state index in [4.69, 9.17) is 9.47 Å². The molecule has 0 saturated carbocycles. The molecule has 1 aliphatic rings. The monoisotopic (exact) mass is 246 g/mol. The van der Waals surface area contributed by atoms with E-state index < -0.39 is 24.2 Å². The van der Waals surface area contributed by atoms with Crippen LogP contribution in [0.2, 0.25) is 0 Å². The smallest absolute Gasteiger partial charge is 0.337 e. The van der Waals surface area contributed by atoms with Crippen molar-refractivity contribution in [2.75, 3.05) is 0 Å². The highest BCUT2D eigenvalue weighted by Gasteiger charge is 2.76. The molecule has 0 N–H and O–H groups in total. The van der Waals surface area contributed by atoms with Crippen LogP contribution in [-0.4, -0.2) is 18.1 Å². The molecule has 0 amide bonds. The van der Waals surface area contributed by atoms with Crippen LogP contribution < -0.4 is 0 Å². The fourth-order valence-corrected chi connectivity index (χ4v) is 1.78. The van der Waals surface area contributed by atoms with Crippen LogP contribution in [0.1, 0.15) is 25.5 Å². The predicted octanol–water partition coefficient (Wildman–Crippen LogP) is 3.44. The van der Waals surface area contributed by atoms with Gasteiger partial charge in [-0.1, -0.05) is 30.3 Å². The number of benzene rings is 1. The van der Waals surface area contributed by atoms with E-state index in [1.807, 2.05) is 0 Å². The van der Waals surface area contributed by atoms with E-state index in [9.17, 15) is 13.2 Å². The van der Waals surface area contributed by atoms with Crippen molar-refractivity contribution in [3.05, 3.63) is 35.9 Å². The summed E-state index contributed by atoms with van der Waals surface area (Å²) < 4.78 is 48.6. The van der Waals surface area contributed by atoms with E-state index in [0.29, 0.717) is 5.56 Å². The summed E-state index contributed by atoms with van der Waals surface area (Å²) in [6, 6.07) is 8.29. The third-order valence-corrected chi connectivity index (χ3v) is 2.49. The van der Waals surface area contributed by atoms with Gasteiger partial charge in [-0.15, -0.1) is 0 Å². The van der Waals surface area contributed by atoms with Gasteiger partial charge in [0.05, 0.1) is 6.10 Å². The summed E-state index contributed by atoms with van der Waals surface area (Å²) in [4.78, 5) is 0. The quantitative estimate of drug-likeness (QED) is 0.762. The van der Waals surface area contributed by atoms with Gasteiger partial charge in [0.1, 0.15) is 6.10 Å². The molecular formula is C12H13F3O2. The van der Waals surface area contributed by atoms with Gasteiger partial charge in [0.25, 0.3) is 5.79 Å². The maximum Gasteiger partial charge on any atom is 0.446 e. The minimum absolute atomic E-state index is 0.477. The van der Waals surface area contributed by atoms with Crippen molar-refractivity contribution in [1.29, 1.82) is 0 Å². The highest BCUT2D eigenvalue weighted by atomic mass is 19.4. The Morgan fingerprint density at radius 2 is 1.82 bits per heavy atom. The second-order valence-electron chi connectivity index (χ2n) is 4.24. The number of halogens is 3. The first kappa shape index (κ1) is 12.4. The van der Waals surface area contributed by atoms with Gasteiger partial charge in [-0.3, -0.25) is 0 Å². The minimum atomic E-state index is -4.53. The second kappa shape index (κ2) is 3.99. The van der Waals surface area contributed by atoms with Crippen molar-refractivity contribution in [3.63, 3.8) is 0 Å². The lowest BCUT2D eigenvalue weighted by Gasteiger charge is -2.20. The molecule has 1 saturated heterocycles. The molecule has 17 heavy (non-hydrogen) atoms. The maximum atomic E-state index is 12.9. The van der Waals surface area contributed by atoms with E-state index in [0.717, 1.165) is 0 Å². The largest absolute Gasteiger partial charge is 0.446 e. The molecule has 2 unspecified atom stereocenters. The zero-order valence-corrected chi connectivity index (χ0v) is 9.49. The number of epoxide rings is 1. The summed E-state index contributed by atoms with van der Waals surface area (Å²) in [6.07, 6.45) is -6.14. The molecule has 1 aromatic rings.